The second-order valence-corrected chi connectivity index (χ2v) is 12.4. The van der Waals surface area contributed by atoms with Crippen molar-refractivity contribution in [1.82, 2.24) is 4.90 Å². The van der Waals surface area contributed by atoms with Crippen molar-refractivity contribution in [2.24, 2.45) is 0 Å². The number of carbonyl (C=O) groups excluding carboxylic acids is 1. The van der Waals surface area contributed by atoms with Gasteiger partial charge in [0.25, 0.3) is 5.91 Å². The number of thioether (sulfide) groups is 1. The lowest BCUT2D eigenvalue weighted by Crippen LogP contribution is -2.33. The molecule has 220 valence electrons. The zero-order chi connectivity index (χ0) is 28.6. The van der Waals surface area contributed by atoms with Crippen LogP contribution in [0.25, 0.3) is 0 Å². The molecule has 0 aliphatic carbocycles. The summed E-state index contributed by atoms with van der Waals surface area (Å²) in [5, 5.41) is 9.05. The maximum Gasteiger partial charge on any atom is 0.323 e. The summed E-state index contributed by atoms with van der Waals surface area (Å²) in [4.78, 5) is 27.3. The van der Waals surface area contributed by atoms with Crippen LogP contribution in [0.5, 0.6) is 5.75 Å². The van der Waals surface area contributed by atoms with Crippen molar-refractivity contribution in [2.75, 3.05) is 18.0 Å². The smallest absolute Gasteiger partial charge is 0.323 e. The van der Waals surface area contributed by atoms with E-state index in [0.717, 1.165) is 41.1 Å². The second-order valence-electron chi connectivity index (χ2n) is 10.7. The normalized spacial score (nSPS) is 16.8. The number of carboxylic acids is 1. The maximum absolute atomic E-state index is 12.6. The van der Waals surface area contributed by atoms with E-state index in [4.69, 9.17) is 22.1 Å². The van der Waals surface area contributed by atoms with Crippen LogP contribution in [0.15, 0.2) is 47.2 Å². The van der Waals surface area contributed by atoms with Gasteiger partial charge in [-0.15, -0.1) is 0 Å². The summed E-state index contributed by atoms with van der Waals surface area (Å²) in [6.45, 7) is 2.69. The van der Waals surface area contributed by atoms with Gasteiger partial charge in [-0.05, 0) is 24.6 Å². The number of fused-ring (bicyclic) bond motifs is 1. The number of ether oxygens (including phenoxy) is 1. The zero-order valence-electron chi connectivity index (χ0n) is 24.1. The number of hydrogen-bond acceptors (Lipinski definition) is 6. The molecular weight excluding hydrogens is 540 g/mol. The molecule has 0 spiro atoms. The molecule has 1 aromatic rings. The number of carbonyl (C=O) groups is 2. The van der Waals surface area contributed by atoms with E-state index < -0.39 is 12.5 Å². The van der Waals surface area contributed by atoms with Crippen molar-refractivity contribution >= 4 is 45.9 Å². The fraction of sp³-hybridized carbons (Fsp3) is 0.594. The molecule has 0 aromatic heterocycles. The van der Waals surface area contributed by atoms with Crippen LogP contribution in [0.2, 0.25) is 0 Å². The van der Waals surface area contributed by atoms with Crippen LogP contribution in [-0.2, 0) is 9.59 Å². The first kappa shape index (κ1) is 32.2. The first-order valence-electron chi connectivity index (χ1n) is 15.2. The molecule has 1 N–H and O–H groups in total. The lowest BCUT2D eigenvalue weighted by Gasteiger charge is -2.18. The van der Waals surface area contributed by atoms with Crippen LogP contribution in [0.1, 0.15) is 110 Å². The zero-order valence-corrected chi connectivity index (χ0v) is 25.7. The fourth-order valence-electron chi connectivity index (χ4n) is 5.16. The summed E-state index contributed by atoms with van der Waals surface area (Å²) in [5.41, 5.74) is 1.03. The number of carboxylic acid groups (broad SMARTS) is 1. The minimum absolute atomic E-state index is 0.262. The number of unbranched alkanes of at least 4 members (excludes halogenated alkanes) is 15. The number of rotatable bonds is 20. The van der Waals surface area contributed by atoms with Crippen LogP contribution in [0.3, 0.4) is 0 Å². The molecular formula is C32H46N2O4S2. The standard InChI is InChI=1S/C32H46N2O4S2/c1-2-3-4-5-6-7-8-9-10-11-12-13-14-15-16-19-24-33-26-20-17-18-21-27(26)38-29(33)23-22-28-31(37)34(25-30(35)36)32(39)40-28/h17-18,20-23H,2-16,19,24-25H2,1H3,(H,35,36)/b28-22+,29-23+. The van der Waals surface area contributed by atoms with Crippen LogP contribution in [-0.4, -0.2) is 39.3 Å². The third-order valence-corrected chi connectivity index (χ3v) is 8.81. The predicted octanol–water partition coefficient (Wildman–Crippen LogP) is 8.82. The lowest BCUT2D eigenvalue weighted by molar-refractivity contribution is -0.140. The fourth-order valence-corrected chi connectivity index (χ4v) is 6.35. The maximum atomic E-state index is 12.6. The highest BCUT2D eigenvalue weighted by Gasteiger charge is 2.33. The summed E-state index contributed by atoms with van der Waals surface area (Å²) < 4.78 is 6.36. The minimum Gasteiger partial charge on any atom is -0.480 e. The summed E-state index contributed by atoms with van der Waals surface area (Å²) >= 11 is 6.31. The van der Waals surface area contributed by atoms with E-state index in [-0.39, 0.29) is 10.2 Å². The SMILES string of the molecule is CCCCCCCCCCCCCCCCCCN1/C(=C\C=C2\SC(=S)N(CC(=O)O)C2=O)Oc2ccccc21. The first-order valence-corrected chi connectivity index (χ1v) is 16.5. The molecule has 40 heavy (non-hydrogen) atoms. The van der Waals surface area contributed by atoms with Gasteiger partial charge in [0.15, 0.2) is 5.75 Å². The number of benzene rings is 1. The quantitative estimate of drug-likeness (QED) is 0.0930. The van der Waals surface area contributed by atoms with E-state index in [0.29, 0.717) is 10.8 Å². The van der Waals surface area contributed by atoms with E-state index in [1.54, 1.807) is 12.2 Å². The lowest BCUT2D eigenvalue weighted by atomic mass is 10.0. The van der Waals surface area contributed by atoms with Crippen LogP contribution < -0.4 is 9.64 Å². The third kappa shape index (κ3) is 10.6. The highest BCUT2D eigenvalue weighted by molar-refractivity contribution is 8.26. The number of aliphatic carboxylic acids is 1. The van der Waals surface area contributed by atoms with Crippen molar-refractivity contribution < 1.29 is 19.4 Å². The summed E-state index contributed by atoms with van der Waals surface area (Å²) in [5.74, 6) is 0.00676. The average Bonchev–Trinajstić information content (AvgIpc) is 3.42. The van der Waals surface area contributed by atoms with Gasteiger partial charge in [-0.25, -0.2) is 0 Å². The topological polar surface area (TPSA) is 70.1 Å². The number of para-hydroxylation sites is 2. The summed E-state index contributed by atoms with van der Waals surface area (Å²) in [6, 6.07) is 7.95. The number of amides is 1. The van der Waals surface area contributed by atoms with Gasteiger partial charge >= 0.3 is 5.97 Å². The van der Waals surface area contributed by atoms with Gasteiger partial charge in [-0.3, -0.25) is 14.5 Å². The van der Waals surface area contributed by atoms with Crippen molar-refractivity contribution in [2.45, 2.75) is 110 Å². The highest BCUT2D eigenvalue weighted by Crippen LogP contribution is 2.39. The summed E-state index contributed by atoms with van der Waals surface area (Å²) in [6.07, 6.45) is 24.9. The minimum atomic E-state index is -1.09. The number of thiocarbonyl (C=S) groups is 1. The van der Waals surface area contributed by atoms with Crippen molar-refractivity contribution in [1.29, 1.82) is 0 Å². The number of hydrogen-bond donors (Lipinski definition) is 1. The van der Waals surface area contributed by atoms with Crippen molar-refractivity contribution in [3.8, 4) is 5.75 Å². The van der Waals surface area contributed by atoms with Gasteiger partial charge in [0.05, 0.1) is 10.6 Å². The first-order chi connectivity index (χ1) is 19.5. The summed E-state index contributed by atoms with van der Waals surface area (Å²) in [7, 11) is 0. The molecule has 0 radical (unpaired) electrons. The Morgan fingerprint density at radius 2 is 1.40 bits per heavy atom. The van der Waals surface area contributed by atoms with Gasteiger partial charge in [-0.1, -0.05) is 139 Å². The van der Waals surface area contributed by atoms with Crippen LogP contribution in [0.4, 0.5) is 5.69 Å². The van der Waals surface area contributed by atoms with E-state index in [1.807, 2.05) is 18.2 Å². The largest absolute Gasteiger partial charge is 0.480 e. The Morgan fingerprint density at radius 3 is 1.98 bits per heavy atom. The molecule has 2 heterocycles. The molecule has 0 atom stereocenters. The van der Waals surface area contributed by atoms with E-state index in [2.05, 4.69) is 17.9 Å². The Bertz CT molecular complexity index is 1040. The molecule has 1 saturated heterocycles. The van der Waals surface area contributed by atoms with Gasteiger partial charge < -0.3 is 14.7 Å². The van der Waals surface area contributed by atoms with Crippen LogP contribution in [0, 0.1) is 0 Å². The molecule has 2 aliphatic rings. The molecule has 6 nitrogen and oxygen atoms in total. The Kier molecular flexibility index (Phi) is 14.6. The Morgan fingerprint density at radius 1 is 0.850 bits per heavy atom. The molecule has 3 rings (SSSR count). The van der Waals surface area contributed by atoms with Gasteiger partial charge in [-0.2, -0.15) is 0 Å². The second kappa shape index (κ2) is 18.2. The van der Waals surface area contributed by atoms with Gasteiger partial charge in [0.1, 0.15) is 10.9 Å². The molecule has 2 aliphatic heterocycles. The molecule has 1 amide bonds. The van der Waals surface area contributed by atoms with Crippen molar-refractivity contribution in [3.63, 3.8) is 0 Å². The predicted molar refractivity (Wildman–Crippen MR) is 170 cm³/mol. The highest BCUT2D eigenvalue weighted by atomic mass is 32.2. The number of allylic oxidation sites excluding steroid dienone is 2. The third-order valence-electron chi connectivity index (χ3n) is 7.42. The van der Waals surface area contributed by atoms with E-state index >= 15 is 0 Å². The average molecular weight is 587 g/mol. The Labute approximate surface area is 250 Å². The molecule has 0 saturated carbocycles. The van der Waals surface area contributed by atoms with Gasteiger partial charge in [0.2, 0.25) is 5.88 Å². The Hall–Kier alpha value is -2.32. The monoisotopic (exact) mass is 586 g/mol. The molecule has 1 fully saturated rings. The Balaban J connectivity index is 1.35. The number of anilines is 1. The van der Waals surface area contributed by atoms with Gasteiger partial charge in [0, 0.05) is 12.6 Å². The van der Waals surface area contributed by atoms with E-state index in [1.165, 1.54) is 96.3 Å². The molecule has 1 aromatic carbocycles. The molecule has 0 unspecified atom stereocenters. The van der Waals surface area contributed by atoms with Crippen molar-refractivity contribution in [3.05, 3.63) is 47.2 Å². The van der Waals surface area contributed by atoms with E-state index in [9.17, 15) is 9.59 Å². The van der Waals surface area contributed by atoms with Crippen LogP contribution >= 0.6 is 24.0 Å². The molecule has 8 heteroatoms. The number of nitrogens with zero attached hydrogens (tertiary/aromatic N) is 2. The molecule has 0 bridgehead atoms.